The fourth-order valence-corrected chi connectivity index (χ4v) is 3.66. The summed E-state index contributed by atoms with van der Waals surface area (Å²) in [6.45, 7) is 2.05. The SMILES string of the molecule is Cc1ccc2nc(-c3ccc(NC(=O)CCc4nc5ccccc5[nH]c4=O)cc3)[nH]c2c1. The van der Waals surface area contributed by atoms with Crippen LogP contribution in [0.4, 0.5) is 5.69 Å². The molecule has 7 heteroatoms. The number of amides is 1. The number of aromatic amines is 2. The number of carbonyl (C=O) groups is 1. The number of carbonyl (C=O) groups excluding carboxylic acids is 1. The van der Waals surface area contributed by atoms with Gasteiger partial charge in [-0.05, 0) is 61.0 Å². The summed E-state index contributed by atoms with van der Waals surface area (Å²) in [5, 5.41) is 2.87. The average Bonchev–Trinajstić information content (AvgIpc) is 3.21. The van der Waals surface area contributed by atoms with Crippen LogP contribution in [0.15, 0.2) is 71.5 Å². The molecule has 2 heterocycles. The number of nitrogens with one attached hydrogen (secondary N) is 3. The Balaban J connectivity index is 1.25. The molecule has 0 aliphatic heterocycles. The number of fused-ring (bicyclic) bond motifs is 2. The average molecular weight is 423 g/mol. The molecule has 3 aromatic carbocycles. The van der Waals surface area contributed by atoms with Gasteiger partial charge in [-0.1, -0.05) is 18.2 Å². The van der Waals surface area contributed by atoms with E-state index in [1.807, 2.05) is 61.5 Å². The first-order valence-electron chi connectivity index (χ1n) is 10.4. The van der Waals surface area contributed by atoms with Crippen LogP contribution in [0.3, 0.4) is 0 Å². The standard InChI is InChI=1S/C25H21N5O2/c1-15-6-11-20-22(14-15)29-24(28-20)16-7-9-17(10-8-16)26-23(31)13-12-21-25(32)30-19-5-3-2-4-18(19)27-21/h2-11,14H,12-13H2,1H3,(H,26,31)(H,28,29)(H,30,32). The highest BCUT2D eigenvalue weighted by atomic mass is 16.1. The number of nitrogens with zero attached hydrogens (tertiary/aromatic N) is 2. The van der Waals surface area contributed by atoms with E-state index in [-0.39, 0.29) is 24.3 Å². The molecule has 158 valence electrons. The number of H-pyrrole nitrogens is 2. The minimum atomic E-state index is -0.262. The van der Waals surface area contributed by atoms with Gasteiger partial charge in [0.15, 0.2) is 0 Å². The van der Waals surface area contributed by atoms with Gasteiger partial charge in [-0.15, -0.1) is 0 Å². The molecule has 0 spiro atoms. The number of hydrogen-bond acceptors (Lipinski definition) is 4. The zero-order valence-corrected chi connectivity index (χ0v) is 17.5. The molecule has 0 aliphatic rings. The number of aromatic nitrogens is 4. The van der Waals surface area contributed by atoms with Crippen molar-refractivity contribution in [3.05, 3.63) is 88.3 Å². The Morgan fingerprint density at radius 3 is 2.53 bits per heavy atom. The first kappa shape index (κ1) is 19.7. The van der Waals surface area contributed by atoms with Gasteiger partial charge in [0.25, 0.3) is 5.56 Å². The lowest BCUT2D eigenvalue weighted by atomic mass is 10.2. The first-order valence-corrected chi connectivity index (χ1v) is 10.4. The molecule has 7 nitrogen and oxygen atoms in total. The maximum Gasteiger partial charge on any atom is 0.270 e. The van der Waals surface area contributed by atoms with Crippen LogP contribution in [0.1, 0.15) is 17.7 Å². The maximum atomic E-state index is 12.4. The highest BCUT2D eigenvalue weighted by Crippen LogP contribution is 2.23. The van der Waals surface area contributed by atoms with E-state index >= 15 is 0 Å². The molecule has 0 unspecified atom stereocenters. The topological polar surface area (TPSA) is 104 Å². The van der Waals surface area contributed by atoms with Gasteiger partial charge in [-0.2, -0.15) is 0 Å². The number of hydrogen-bond donors (Lipinski definition) is 3. The van der Waals surface area contributed by atoms with Crippen LogP contribution in [0.5, 0.6) is 0 Å². The van der Waals surface area contributed by atoms with Crippen LogP contribution in [-0.2, 0) is 11.2 Å². The monoisotopic (exact) mass is 423 g/mol. The number of rotatable bonds is 5. The zero-order valence-electron chi connectivity index (χ0n) is 17.5. The molecule has 0 saturated heterocycles. The summed E-state index contributed by atoms with van der Waals surface area (Å²) < 4.78 is 0. The van der Waals surface area contributed by atoms with Gasteiger partial charge in [-0.25, -0.2) is 9.97 Å². The van der Waals surface area contributed by atoms with E-state index in [9.17, 15) is 9.59 Å². The third-order valence-electron chi connectivity index (χ3n) is 5.34. The van der Waals surface area contributed by atoms with Crippen molar-refractivity contribution in [2.45, 2.75) is 19.8 Å². The molecule has 0 aliphatic carbocycles. The molecule has 2 aromatic heterocycles. The number of imidazole rings is 1. The summed E-state index contributed by atoms with van der Waals surface area (Å²) in [7, 11) is 0. The van der Waals surface area contributed by atoms with Crippen molar-refractivity contribution in [3.8, 4) is 11.4 Å². The van der Waals surface area contributed by atoms with Crippen molar-refractivity contribution in [1.82, 2.24) is 19.9 Å². The fourth-order valence-electron chi connectivity index (χ4n) is 3.66. The molecule has 0 fully saturated rings. The largest absolute Gasteiger partial charge is 0.338 e. The normalized spacial score (nSPS) is 11.2. The first-order chi connectivity index (χ1) is 15.5. The molecule has 0 bridgehead atoms. The maximum absolute atomic E-state index is 12.4. The van der Waals surface area contributed by atoms with Crippen LogP contribution >= 0.6 is 0 Å². The second-order valence-electron chi connectivity index (χ2n) is 7.76. The molecular weight excluding hydrogens is 402 g/mol. The number of aryl methyl sites for hydroxylation is 2. The van der Waals surface area contributed by atoms with Crippen LogP contribution in [0.25, 0.3) is 33.5 Å². The Hall–Kier alpha value is -4.26. The quantitative estimate of drug-likeness (QED) is 0.391. The summed E-state index contributed by atoms with van der Waals surface area (Å²) >= 11 is 0. The van der Waals surface area contributed by atoms with Gasteiger partial charge in [0.2, 0.25) is 5.91 Å². The predicted molar refractivity (Wildman–Crippen MR) is 126 cm³/mol. The van der Waals surface area contributed by atoms with Crippen molar-refractivity contribution < 1.29 is 4.79 Å². The Kier molecular flexibility index (Phi) is 4.99. The van der Waals surface area contributed by atoms with Crippen molar-refractivity contribution in [2.24, 2.45) is 0 Å². The van der Waals surface area contributed by atoms with Gasteiger partial charge in [0, 0.05) is 24.1 Å². The summed E-state index contributed by atoms with van der Waals surface area (Å²) in [5.41, 5.74) is 6.19. The second-order valence-corrected chi connectivity index (χ2v) is 7.76. The summed E-state index contributed by atoms with van der Waals surface area (Å²) in [5.74, 6) is 0.608. The van der Waals surface area contributed by atoms with Crippen molar-refractivity contribution in [2.75, 3.05) is 5.32 Å². The molecular formula is C25H21N5O2. The van der Waals surface area contributed by atoms with Gasteiger partial charge in [0.1, 0.15) is 11.5 Å². The highest BCUT2D eigenvalue weighted by molar-refractivity contribution is 5.91. The highest BCUT2D eigenvalue weighted by Gasteiger charge is 2.10. The summed E-state index contributed by atoms with van der Waals surface area (Å²) in [4.78, 5) is 39.7. The molecule has 0 atom stereocenters. The Labute approximate surface area is 183 Å². The fraction of sp³-hybridized carbons (Fsp3) is 0.120. The summed E-state index contributed by atoms with van der Waals surface area (Å²) in [6, 6.07) is 20.9. The number of para-hydroxylation sites is 2. The predicted octanol–water partition coefficient (Wildman–Crippen LogP) is 4.35. The minimum Gasteiger partial charge on any atom is -0.338 e. The lowest BCUT2D eigenvalue weighted by Crippen LogP contribution is -2.19. The molecule has 1 amide bonds. The van der Waals surface area contributed by atoms with Crippen LogP contribution in [-0.4, -0.2) is 25.8 Å². The van der Waals surface area contributed by atoms with Crippen molar-refractivity contribution in [1.29, 1.82) is 0 Å². The van der Waals surface area contributed by atoms with E-state index in [1.165, 1.54) is 5.56 Å². The van der Waals surface area contributed by atoms with E-state index in [1.54, 1.807) is 6.07 Å². The Bertz CT molecular complexity index is 1500. The molecule has 5 rings (SSSR count). The molecule has 5 aromatic rings. The van der Waals surface area contributed by atoms with E-state index in [2.05, 4.69) is 31.3 Å². The van der Waals surface area contributed by atoms with Gasteiger partial charge >= 0.3 is 0 Å². The van der Waals surface area contributed by atoms with Crippen molar-refractivity contribution >= 4 is 33.7 Å². The zero-order chi connectivity index (χ0) is 22.1. The number of benzene rings is 3. The smallest absolute Gasteiger partial charge is 0.270 e. The van der Waals surface area contributed by atoms with Crippen molar-refractivity contribution in [3.63, 3.8) is 0 Å². The van der Waals surface area contributed by atoms with Crippen LogP contribution < -0.4 is 10.9 Å². The second kappa shape index (κ2) is 8.11. The van der Waals surface area contributed by atoms with E-state index in [4.69, 9.17) is 0 Å². The van der Waals surface area contributed by atoms with E-state index < -0.39 is 0 Å². The lowest BCUT2D eigenvalue weighted by Gasteiger charge is -2.06. The molecule has 0 radical (unpaired) electrons. The molecule has 32 heavy (non-hydrogen) atoms. The van der Waals surface area contributed by atoms with Gasteiger partial charge < -0.3 is 15.3 Å². The third-order valence-corrected chi connectivity index (χ3v) is 5.34. The molecule has 3 N–H and O–H groups in total. The van der Waals surface area contributed by atoms with Gasteiger partial charge in [-0.3, -0.25) is 9.59 Å². The molecule has 0 saturated carbocycles. The third kappa shape index (κ3) is 4.00. The van der Waals surface area contributed by atoms with E-state index in [0.717, 1.165) is 22.4 Å². The minimum absolute atomic E-state index is 0.166. The lowest BCUT2D eigenvalue weighted by molar-refractivity contribution is -0.116. The summed E-state index contributed by atoms with van der Waals surface area (Å²) in [6.07, 6.45) is 0.432. The Morgan fingerprint density at radius 1 is 0.906 bits per heavy atom. The van der Waals surface area contributed by atoms with E-state index in [0.29, 0.717) is 22.4 Å². The Morgan fingerprint density at radius 2 is 1.69 bits per heavy atom. The van der Waals surface area contributed by atoms with Gasteiger partial charge in [0.05, 0.1) is 22.1 Å². The number of anilines is 1. The van der Waals surface area contributed by atoms with Crippen LogP contribution in [0.2, 0.25) is 0 Å². The van der Waals surface area contributed by atoms with Crippen LogP contribution in [0, 0.1) is 6.92 Å².